The summed E-state index contributed by atoms with van der Waals surface area (Å²) in [5.74, 6) is 5.45. The summed E-state index contributed by atoms with van der Waals surface area (Å²) in [6.07, 6.45) is -2.92. The zero-order valence-electron chi connectivity index (χ0n) is 8.97. The monoisotopic (exact) mass is 235 g/mol. The summed E-state index contributed by atoms with van der Waals surface area (Å²) in [4.78, 5) is 3.98. The fourth-order valence-corrected chi connectivity index (χ4v) is 1.51. The van der Waals surface area contributed by atoms with Gasteiger partial charge in [-0.1, -0.05) is 12.0 Å². The minimum Gasteiger partial charge on any atom is -0.247 e. The van der Waals surface area contributed by atoms with E-state index in [-0.39, 0.29) is 0 Å². The highest BCUT2D eigenvalue weighted by Gasteiger charge is 2.30. The van der Waals surface area contributed by atoms with Crippen molar-refractivity contribution >= 4 is 10.8 Å². The van der Waals surface area contributed by atoms with Crippen LogP contribution >= 0.6 is 0 Å². The topological polar surface area (TPSA) is 12.9 Å². The van der Waals surface area contributed by atoms with Gasteiger partial charge in [0.1, 0.15) is 5.69 Å². The zero-order chi connectivity index (χ0) is 12.5. The van der Waals surface area contributed by atoms with Crippen molar-refractivity contribution in [1.82, 2.24) is 4.98 Å². The van der Waals surface area contributed by atoms with Crippen LogP contribution in [0.2, 0.25) is 0 Å². The molecule has 0 saturated heterocycles. The van der Waals surface area contributed by atoms with Crippen molar-refractivity contribution in [3.63, 3.8) is 0 Å². The Kier molecular flexibility index (Phi) is 2.76. The maximum atomic E-state index is 12.5. The number of fused-ring (bicyclic) bond motifs is 1. The van der Waals surface area contributed by atoms with Gasteiger partial charge in [-0.05, 0) is 36.4 Å². The lowest BCUT2D eigenvalue weighted by atomic mass is 10.1. The Hall–Kier alpha value is -2.02. The number of pyridine rings is 1. The van der Waals surface area contributed by atoms with Gasteiger partial charge >= 0.3 is 6.18 Å². The molecule has 1 heterocycles. The van der Waals surface area contributed by atoms with Gasteiger partial charge in [0.2, 0.25) is 0 Å². The first-order valence-electron chi connectivity index (χ1n) is 4.90. The number of halogens is 3. The van der Waals surface area contributed by atoms with Gasteiger partial charge in [-0.25, -0.2) is 4.98 Å². The van der Waals surface area contributed by atoms with Crippen molar-refractivity contribution in [2.24, 2.45) is 0 Å². The second-order valence-corrected chi connectivity index (χ2v) is 3.50. The van der Waals surface area contributed by atoms with E-state index in [0.717, 1.165) is 12.1 Å². The summed E-state index contributed by atoms with van der Waals surface area (Å²) >= 11 is 0. The van der Waals surface area contributed by atoms with Crippen molar-refractivity contribution in [1.29, 1.82) is 0 Å². The first-order chi connectivity index (χ1) is 8.00. The van der Waals surface area contributed by atoms with Crippen LogP contribution in [-0.2, 0) is 6.18 Å². The molecule has 0 unspecified atom stereocenters. The van der Waals surface area contributed by atoms with Crippen molar-refractivity contribution in [3.05, 3.63) is 41.7 Å². The first-order valence-corrected chi connectivity index (χ1v) is 4.90. The maximum absolute atomic E-state index is 12.5. The predicted molar refractivity (Wildman–Crippen MR) is 59.3 cm³/mol. The maximum Gasteiger partial charge on any atom is 0.416 e. The van der Waals surface area contributed by atoms with Crippen molar-refractivity contribution in [2.45, 2.75) is 13.1 Å². The molecule has 1 aromatic carbocycles. The third-order valence-corrected chi connectivity index (χ3v) is 2.30. The number of alkyl halides is 3. The SMILES string of the molecule is CC#Cc1cc2ccc(C(F)(F)F)cc2cn1. The van der Waals surface area contributed by atoms with Crippen molar-refractivity contribution < 1.29 is 13.2 Å². The van der Waals surface area contributed by atoms with E-state index >= 15 is 0 Å². The molecule has 0 radical (unpaired) electrons. The lowest BCUT2D eigenvalue weighted by Gasteiger charge is -2.07. The molecule has 0 saturated carbocycles. The van der Waals surface area contributed by atoms with Crippen molar-refractivity contribution in [2.75, 3.05) is 0 Å². The van der Waals surface area contributed by atoms with E-state index in [4.69, 9.17) is 0 Å². The summed E-state index contributed by atoms with van der Waals surface area (Å²) in [7, 11) is 0. The molecule has 17 heavy (non-hydrogen) atoms. The minimum absolute atomic E-state index is 0.460. The molecule has 0 N–H and O–H groups in total. The highest BCUT2D eigenvalue weighted by atomic mass is 19.4. The van der Waals surface area contributed by atoms with Crippen LogP contribution in [-0.4, -0.2) is 4.98 Å². The molecular weight excluding hydrogens is 227 g/mol. The standard InChI is InChI=1S/C13H8F3N/c1-2-3-12-7-9-4-5-11(13(14,15)16)6-10(9)8-17-12/h4-8H,1H3. The number of rotatable bonds is 0. The van der Waals surface area contributed by atoms with Gasteiger partial charge in [0.15, 0.2) is 0 Å². The van der Waals surface area contributed by atoms with Crippen LogP contribution in [0.5, 0.6) is 0 Å². The van der Waals surface area contributed by atoms with Gasteiger partial charge in [-0.2, -0.15) is 13.2 Å². The van der Waals surface area contributed by atoms with E-state index in [0.29, 0.717) is 16.5 Å². The average molecular weight is 235 g/mol. The normalized spacial score (nSPS) is 11.1. The second-order valence-electron chi connectivity index (χ2n) is 3.50. The van der Waals surface area contributed by atoms with Crippen LogP contribution in [0.4, 0.5) is 13.2 Å². The largest absolute Gasteiger partial charge is 0.416 e. The van der Waals surface area contributed by atoms with Gasteiger partial charge in [-0.3, -0.25) is 0 Å². The summed E-state index contributed by atoms with van der Waals surface area (Å²) in [6, 6.07) is 5.25. The fourth-order valence-electron chi connectivity index (χ4n) is 1.51. The number of benzene rings is 1. The average Bonchev–Trinajstić information content (AvgIpc) is 2.27. The number of hydrogen-bond acceptors (Lipinski definition) is 1. The third kappa shape index (κ3) is 2.39. The zero-order valence-corrected chi connectivity index (χ0v) is 8.97. The van der Waals surface area contributed by atoms with E-state index in [9.17, 15) is 13.2 Å². The highest BCUT2D eigenvalue weighted by Crippen LogP contribution is 2.31. The van der Waals surface area contributed by atoms with Gasteiger partial charge < -0.3 is 0 Å². The predicted octanol–water partition coefficient (Wildman–Crippen LogP) is 3.63. The number of hydrogen-bond donors (Lipinski definition) is 0. The van der Waals surface area contributed by atoms with Gasteiger partial charge in [0.25, 0.3) is 0 Å². The summed E-state index contributed by atoms with van der Waals surface area (Å²) in [5.41, 5.74) is -0.110. The molecule has 0 amide bonds. The highest BCUT2D eigenvalue weighted by molar-refractivity contribution is 5.83. The summed E-state index contributed by atoms with van der Waals surface area (Å²) in [5, 5.41) is 1.16. The minimum atomic E-state index is -4.32. The molecule has 0 atom stereocenters. The van der Waals surface area contributed by atoms with E-state index in [1.807, 2.05) is 0 Å². The Morgan fingerprint density at radius 2 is 1.88 bits per heavy atom. The Morgan fingerprint density at radius 1 is 1.12 bits per heavy atom. The Morgan fingerprint density at radius 3 is 2.53 bits per heavy atom. The lowest BCUT2D eigenvalue weighted by Crippen LogP contribution is -2.04. The van der Waals surface area contributed by atoms with Crippen LogP contribution in [0.25, 0.3) is 10.8 Å². The van der Waals surface area contributed by atoms with E-state index in [1.54, 1.807) is 13.0 Å². The first kappa shape index (κ1) is 11.5. The molecule has 0 aliphatic heterocycles. The van der Waals surface area contributed by atoms with Crippen LogP contribution in [0.3, 0.4) is 0 Å². The molecular formula is C13H8F3N. The molecule has 0 fully saturated rings. The van der Waals surface area contributed by atoms with Crippen LogP contribution in [0.15, 0.2) is 30.5 Å². The second kappa shape index (κ2) is 4.10. The molecule has 1 aromatic heterocycles. The Balaban J connectivity index is 2.57. The Labute approximate surface area is 96.3 Å². The van der Waals surface area contributed by atoms with Crippen LogP contribution in [0, 0.1) is 11.8 Å². The smallest absolute Gasteiger partial charge is 0.247 e. The number of aromatic nitrogens is 1. The number of nitrogens with zero attached hydrogens (tertiary/aromatic N) is 1. The molecule has 0 aliphatic rings. The third-order valence-electron chi connectivity index (χ3n) is 2.30. The quantitative estimate of drug-likeness (QED) is 0.635. The van der Waals surface area contributed by atoms with Crippen molar-refractivity contribution in [3.8, 4) is 11.8 Å². The summed E-state index contributed by atoms with van der Waals surface area (Å²) in [6.45, 7) is 1.68. The molecule has 0 bridgehead atoms. The van der Waals surface area contributed by atoms with E-state index < -0.39 is 11.7 Å². The van der Waals surface area contributed by atoms with Gasteiger partial charge in [0, 0.05) is 11.6 Å². The summed E-state index contributed by atoms with van der Waals surface area (Å²) < 4.78 is 37.4. The molecule has 2 aromatic rings. The van der Waals surface area contributed by atoms with Gasteiger partial charge in [-0.15, -0.1) is 0 Å². The van der Waals surface area contributed by atoms with Gasteiger partial charge in [0.05, 0.1) is 5.56 Å². The Bertz CT molecular complexity index is 618. The molecule has 1 nitrogen and oxygen atoms in total. The molecule has 86 valence electrons. The van der Waals surface area contributed by atoms with Crippen LogP contribution in [0.1, 0.15) is 18.2 Å². The van der Waals surface area contributed by atoms with E-state index in [2.05, 4.69) is 16.8 Å². The lowest BCUT2D eigenvalue weighted by molar-refractivity contribution is -0.137. The molecule has 0 spiro atoms. The molecule has 0 aliphatic carbocycles. The van der Waals surface area contributed by atoms with Crippen LogP contribution < -0.4 is 0 Å². The molecule has 2 rings (SSSR count). The fraction of sp³-hybridized carbons (Fsp3) is 0.154. The molecule has 4 heteroatoms. The van der Waals surface area contributed by atoms with E-state index in [1.165, 1.54) is 12.3 Å².